The standard InChI is InChI=1S/C20H24O10/c21-8-14-17(26)18(27)19(28)20(30-14)29-13-7-12(24)16(25)15(13)11(23)6-3-9-1-4-10(22)5-2-9/h1-2,4-5,7,14,16-22,24-28H,3,6,8H2/t14?,16?,17-,18?,19+,20-/m1/s1. The minimum absolute atomic E-state index is 0.0418. The molecule has 1 saturated heterocycles. The molecule has 30 heavy (non-hydrogen) atoms. The van der Waals surface area contributed by atoms with Gasteiger partial charge in [-0.1, -0.05) is 12.1 Å². The van der Waals surface area contributed by atoms with Crippen molar-refractivity contribution in [1.82, 2.24) is 0 Å². The van der Waals surface area contributed by atoms with Crippen LogP contribution in [0, 0.1) is 0 Å². The third-order valence-corrected chi connectivity index (χ3v) is 5.07. The number of hydrogen-bond donors (Lipinski definition) is 7. The highest BCUT2D eigenvalue weighted by Crippen LogP contribution is 2.31. The number of ketones is 1. The molecule has 0 bridgehead atoms. The molecule has 2 aliphatic rings. The van der Waals surface area contributed by atoms with Gasteiger partial charge < -0.3 is 45.2 Å². The first-order chi connectivity index (χ1) is 14.2. The number of phenols is 1. The zero-order chi connectivity index (χ0) is 22.0. The highest BCUT2D eigenvalue weighted by Gasteiger charge is 2.46. The number of allylic oxidation sites excluding steroid dienone is 1. The summed E-state index contributed by atoms with van der Waals surface area (Å²) in [6, 6.07) is 6.24. The second-order valence-corrected chi connectivity index (χ2v) is 7.15. The van der Waals surface area contributed by atoms with Crippen LogP contribution in [0.5, 0.6) is 5.75 Å². The summed E-state index contributed by atoms with van der Waals surface area (Å²) in [4.78, 5) is 12.7. The fraction of sp³-hybridized carbons (Fsp3) is 0.450. The van der Waals surface area contributed by atoms with Gasteiger partial charge in [0.1, 0.15) is 47.8 Å². The first kappa shape index (κ1) is 22.2. The Bertz CT molecular complexity index is 828. The van der Waals surface area contributed by atoms with Crippen molar-refractivity contribution in [3.8, 4) is 5.75 Å². The van der Waals surface area contributed by atoms with Gasteiger partial charge >= 0.3 is 0 Å². The first-order valence-corrected chi connectivity index (χ1v) is 9.34. The number of ether oxygens (including phenoxy) is 2. The van der Waals surface area contributed by atoms with Crippen molar-refractivity contribution in [2.75, 3.05) is 6.61 Å². The lowest BCUT2D eigenvalue weighted by Gasteiger charge is -2.39. The summed E-state index contributed by atoms with van der Waals surface area (Å²) in [7, 11) is 0. The fourth-order valence-electron chi connectivity index (χ4n) is 3.31. The van der Waals surface area contributed by atoms with E-state index in [0.29, 0.717) is 6.42 Å². The zero-order valence-corrected chi connectivity index (χ0v) is 15.8. The van der Waals surface area contributed by atoms with Gasteiger partial charge in [0.05, 0.1) is 12.2 Å². The van der Waals surface area contributed by atoms with Gasteiger partial charge in [0.25, 0.3) is 0 Å². The predicted molar refractivity (Wildman–Crippen MR) is 100 cm³/mol. The fourth-order valence-corrected chi connectivity index (χ4v) is 3.31. The van der Waals surface area contributed by atoms with E-state index in [2.05, 4.69) is 0 Å². The SMILES string of the molecule is O=C(CCc1ccc(O)cc1)C1=C(O[C@@H]2OC(CO)[C@@H](O)C(O)[C@@H]2O)C=C(O)C1O. The number of aliphatic hydroxyl groups excluding tert-OH is 6. The third-order valence-electron chi connectivity index (χ3n) is 5.07. The Balaban J connectivity index is 1.75. The van der Waals surface area contributed by atoms with Gasteiger partial charge in [-0.15, -0.1) is 0 Å². The molecule has 1 heterocycles. The summed E-state index contributed by atoms with van der Waals surface area (Å²) in [5, 5.41) is 68.4. The molecule has 0 spiro atoms. The van der Waals surface area contributed by atoms with Gasteiger partial charge in [0.15, 0.2) is 5.78 Å². The van der Waals surface area contributed by atoms with Crippen LogP contribution in [0.4, 0.5) is 0 Å². The van der Waals surface area contributed by atoms with E-state index in [-0.39, 0.29) is 23.5 Å². The van der Waals surface area contributed by atoms with E-state index in [9.17, 15) is 40.5 Å². The number of Topliss-reactive ketones (excluding diaryl/α,β-unsaturated/α-hetero) is 1. The zero-order valence-electron chi connectivity index (χ0n) is 15.8. The maximum atomic E-state index is 12.7. The topological polar surface area (TPSA) is 177 Å². The number of rotatable bonds is 7. The van der Waals surface area contributed by atoms with Gasteiger partial charge in [-0.3, -0.25) is 4.79 Å². The summed E-state index contributed by atoms with van der Waals surface area (Å²) in [5.41, 5.74) is 0.519. The van der Waals surface area contributed by atoms with E-state index in [4.69, 9.17) is 9.47 Å². The van der Waals surface area contributed by atoms with Crippen molar-refractivity contribution < 1.29 is 50.0 Å². The highest BCUT2D eigenvalue weighted by molar-refractivity contribution is 5.98. The second kappa shape index (κ2) is 9.13. The number of aryl methyl sites for hydroxylation is 1. The summed E-state index contributed by atoms with van der Waals surface area (Å²) in [5.74, 6) is -1.23. The molecular weight excluding hydrogens is 400 g/mol. The van der Waals surface area contributed by atoms with Gasteiger partial charge in [-0.05, 0) is 24.1 Å². The van der Waals surface area contributed by atoms with Gasteiger partial charge in [-0.25, -0.2) is 0 Å². The molecule has 6 atom stereocenters. The number of benzene rings is 1. The predicted octanol–water partition coefficient (Wildman–Crippen LogP) is -1.22. The van der Waals surface area contributed by atoms with E-state index in [0.717, 1.165) is 11.6 Å². The van der Waals surface area contributed by atoms with Crippen molar-refractivity contribution in [3.05, 3.63) is 53.0 Å². The van der Waals surface area contributed by atoms with E-state index in [1.807, 2.05) is 0 Å². The van der Waals surface area contributed by atoms with Crippen LogP contribution in [0.15, 0.2) is 47.4 Å². The Kier molecular flexibility index (Phi) is 6.76. The molecule has 3 rings (SSSR count). The molecule has 1 aromatic rings. The van der Waals surface area contributed by atoms with E-state index in [1.165, 1.54) is 12.1 Å². The van der Waals surface area contributed by atoms with Crippen LogP contribution in [0.2, 0.25) is 0 Å². The van der Waals surface area contributed by atoms with E-state index >= 15 is 0 Å². The quantitative estimate of drug-likeness (QED) is 0.281. The summed E-state index contributed by atoms with van der Waals surface area (Å²) >= 11 is 0. The number of aromatic hydroxyl groups is 1. The largest absolute Gasteiger partial charge is 0.509 e. The summed E-state index contributed by atoms with van der Waals surface area (Å²) < 4.78 is 10.7. The Morgan fingerprint density at radius 3 is 2.30 bits per heavy atom. The maximum absolute atomic E-state index is 12.7. The first-order valence-electron chi connectivity index (χ1n) is 9.34. The maximum Gasteiger partial charge on any atom is 0.229 e. The molecule has 10 heteroatoms. The Morgan fingerprint density at radius 2 is 1.67 bits per heavy atom. The van der Waals surface area contributed by atoms with Gasteiger partial charge in [-0.2, -0.15) is 0 Å². The van der Waals surface area contributed by atoms with Crippen molar-refractivity contribution in [2.24, 2.45) is 0 Å². The van der Waals surface area contributed by atoms with Crippen molar-refractivity contribution >= 4 is 5.78 Å². The number of phenolic OH excluding ortho intramolecular Hbond substituents is 1. The molecule has 1 aliphatic heterocycles. The minimum Gasteiger partial charge on any atom is -0.509 e. The number of carbonyl (C=O) groups is 1. The molecule has 0 radical (unpaired) electrons. The van der Waals surface area contributed by atoms with Crippen molar-refractivity contribution in [3.63, 3.8) is 0 Å². The average molecular weight is 424 g/mol. The van der Waals surface area contributed by atoms with Crippen LogP contribution in [0.1, 0.15) is 12.0 Å². The average Bonchev–Trinajstić information content (AvgIpc) is 3.01. The van der Waals surface area contributed by atoms with Crippen molar-refractivity contribution in [1.29, 1.82) is 0 Å². The van der Waals surface area contributed by atoms with Gasteiger partial charge in [0, 0.05) is 12.5 Å². The van der Waals surface area contributed by atoms with Gasteiger partial charge in [0.2, 0.25) is 6.29 Å². The number of carbonyl (C=O) groups excluding carboxylic acids is 1. The van der Waals surface area contributed by atoms with Crippen LogP contribution in [-0.2, 0) is 20.7 Å². The van der Waals surface area contributed by atoms with Crippen LogP contribution in [-0.4, -0.2) is 84.9 Å². The van der Waals surface area contributed by atoms with Crippen LogP contribution >= 0.6 is 0 Å². The molecule has 1 fully saturated rings. The molecule has 1 aromatic carbocycles. The summed E-state index contributed by atoms with van der Waals surface area (Å²) in [6.45, 7) is -0.661. The van der Waals surface area contributed by atoms with Crippen molar-refractivity contribution in [2.45, 2.75) is 49.7 Å². The molecular formula is C20H24O10. The minimum atomic E-state index is -1.71. The molecule has 0 saturated carbocycles. The third kappa shape index (κ3) is 4.48. The van der Waals surface area contributed by atoms with E-state index < -0.39 is 55.0 Å². The molecule has 164 valence electrons. The lowest BCUT2D eigenvalue weighted by Crippen LogP contribution is -2.59. The number of hydrogen-bond acceptors (Lipinski definition) is 10. The van der Waals surface area contributed by atoms with E-state index in [1.54, 1.807) is 12.1 Å². The van der Waals surface area contributed by atoms with Crippen LogP contribution in [0.25, 0.3) is 0 Å². The summed E-state index contributed by atoms with van der Waals surface area (Å²) in [6.07, 6.45) is -8.13. The molecule has 0 amide bonds. The molecule has 1 aliphatic carbocycles. The smallest absolute Gasteiger partial charge is 0.229 e. The van der Waals surface area contributed by atoms with Crippen LogP contribution in [0.3, 0.4) is 0 Å². The molecule has 3 unspecified atom stereocenters. The Morgan fingerprint density at radius 1 is 1.00 bits per heavy atom. The monoisotopic (exact) mass is 424 g/mol. The second-order valence-electron chi connectivity index (χ2n) is 7.15. The Hall–Kier alpha value is -2.47. The molecule has 10 nitrogen and oxygen atoms in total. The Labute approximate surface area is 171 Å². The lowest BCUT2D eigenvalue weighted by molar-refractivity contribution is -0.290. The molecule has 7 N–H and O–H groups in total. The number of aliphatic hydroxyl groups is 6. The van der Waals surface area contributed by atoms with Crippen LogP contribution < -0.4 is 0 Å². The molecule has 0 aromatic heterocycles. The lowest BCUT2D eigenvalue weighted by atomic mass is 9.99. The highest BCUT2D eigenvalue weighted by atomic mass is 16.7. The normalized spacial score (nSPS) is 31.6.